The Morgan fingerprint density at radius 2 is 1.87 bits per heavy atom. The van der Waals surface area contributed by atoms with E-state index in [0.29, 0.717) is 13.2 Å². The first-order valence-electron chi connectivity index (χ1n) is 10.6. The molecule has 1 saturated heterocycles. The van der Waals surface area contributed by atoms with Gasteiger partial charge < -0.3 is 24.6 Å². The molecule has 2 heterocycles. The second-order valence-electron chi connectivity index (χ2n) is 8.85. The number of amides is 1. The van der Waals surface area contributed by atoms with E-state index in [4.69, 9.17) is 14.2 Å². The number of carbonyl (C=O) groups is 1. The van der Waals surface area contributed by atoms with Crippen LogP contribution in [-0.2, 0) is 29.0 Å². The van der Waals surface area contributed by atoms with Gasteiger partial charge in [-0.05, 0) is 49.1 Å². The maximum absolute atomic E-state index is 11.4. The molecule has 4 rings (SSSR count). The standard InChI is InChI=1S/C24H30N2O5/c1-23(2)30-16-24(17-31-23,25-22(27)28)15-26-11-10-19-12-21(9-8-20(19)13-26)29-14-18-6-4-3-5-7-18/h3-9,12,25H,10-11,13-17H2,1-2H3,(H,27,28). The zero-order valence-corrected chi connectivity index (χ0v) is 18.1. The van der Waals surface area contributed by atoms with Crippen LogP contribution in [0.4, 0.5) is 4.79 Å². The van der Waals surface area contributed by atoms with Gasteiger partial charge in [0.05, 0.1) is 13.2 Å². The Kier molecular flexibility index (Phi) is 6.18. The number of rotatable bonds is 6. The van der Waals surface area contributed by atoms with Crippen molar-refractivity contribution in [1.29, 1.82) is 0 Å². The molecule has 0 aliphatic carbocycles. The average Bonchev–Trinajstić information content (AvgIpc) is 2.75. The zero-order chi connectivity index (χ0) is 21.9. The van der Waals surface area contributed by atoms with Gasteiger partial charge in [0.1, 0.15) is 17.9 Å². The molecule has 1 fully saturated rings. The highest BCUT2D eigenvalue weighted by molar-refractivity contribution is 5.65. The molecule has 2 aliphatic rings. The molecule has 0 radical (unpaired) electrons. The van der Waals surface area contributed by atoms with E-state index in [2.05, 4.69) is 34.5 Å². The third-order valence-electron chi connectivity index (χ3n) is 5.81. The van der Waals surface area contributed by atoms with Crippen LogP contribution in [0.15, 0.2) is 48.5 Å². The lowest BCUT2D eigenvalue weighted by atomic mass is 9.95. The molecule has 2 aliphatic heterocycles. The van der Waals surface area contributed by atoms with Gasteiger partial charge in [0.15, 0.2) is 5.79 Å². The fourth-order valence-corrected chi connectivity index (χ4v) is 4.12. The van der Waals surface area contributed by atoms with E-state index in [-0.39, 0.29) is 13.2 Å². The summed E-state index contributed by atoms with van der Waals surface area (Å²) in [7, 11) is 0. The van der Waals surface area contributed by atoms with Crippen molar-refractivity contribution < 1.29 is 24.1 Å². The van der Waals surface area contributed by atoms with Crippen LogP contribution < -0.4 is 10.1 Å². The minimum absolute atomic E-state index is 0.280. The summed E-state index contributed by atoms with van der Waals surface area (Å²) in [6.45, 7) is 6.90. The largest absolute Gasteiger partial charge is 0.489 e. The minimum Gasteiger partial charge on any atom is -0.489 e. The van der Waals surface area contributed by atoms with E-state index in [1.807, 2.05) is 38.1 Å². The third-order valence-corrected chi connectivity index (χ3v) is 5.81. The fraction of sp³-hybridized carbons (Fsp3) is 0.458. The van der Waals surface area contributed by atoms with E-state index in [0.717, 1.165) is 30.8 Å². The molecule has 0 unspecified atom stereocenters. The first kappa shape index (κ1) is 21.6. The lowest BCUT2D eigenvalue weighted by Gasteiger charge is -2.46. The fourth-order valence-electron chi connectivity index (χ4n) is 4.12. The van der Waals surface area contributed by atoms with Crippen LogP contribution >= 0.6 is 0 Å². The zero-order valence-electron chi connectivity index (χ0n) is 18.1. The number of ether oxygens (including phenoxy) is 3. The molecule has 2 N–H and O–H groups in total. The molecule has 0 aromatic heterocycles. The van der Waals surface area contributed by atoms with Crippen molar-refractivity contribution >= 4 is 6.09 Å². The van der Waals surface area contributed by atoms with Crippen LogP contribution in [0.5, 0.6) is 5.75 Å². The summed E-state index contributed by atoms with van der Waals surface area (Å²) in [6.07, 6.45) is -0.182. The first-order chi connectivity index (χ1) is 14.8. The van der Waals surface area contributed by atoms with Crippen molar-refractivity contribution in [3.63, 3.8) is 0 Å². The molecule has 0 atom stereocenters. The molecule has 7 heteroatoms. The summed E-state index contributed by atoms with van der Waals surface area (Å²) in [5.41, 5.74) is 2.88. The van der Waals surface area contributed by atoms with Crippen molar-refractivity contribution in [3.8, 4) is 5.75 Å². The highest BCUT2D eigenvalue weighted by Gasteiger charge is 2.43. The number of hydrogen-bond donors (Lipinski definition) is 2. The maximum atomic E-state index is 11.4. The molecule has 2 aromatic carbocycles. The number of benzene rings is 2. The van der Waals surface area contributed by atoms with Gasteiger partial charge >= 0.3 is 6.09 Å². The molecule has 2 aromatic rings. The van der Waals surface area contributed by atoms with Crippen LogP contribution in [0.2, 0.25) is 0 Å². The quantitative estimate of drug-likeness (QED) is 0.737. The monoisotopic (exact) mass is 426 g/mol. The molecule has 31 heavy (non-hydrogen) atoms. The van der Waals surface area contributed by atoms with Gasteiger partial charge in [-0.3, -0.25) is 4.90 Å². The van der Waals surface area contributed by atoms with E-state index in [1.54, 1.807) is 0 Å². The van der Waals surface area contributed by atoms with E-state index >= 15 is 0 Å². The molecule has 7 nitrogen and oxygen atoms in total. The van der Waals surface area contributed by atoms with Crippen LogP contribution in [0, 0.1) is 0 Å². The van der Waals surface area contributed by atoms with Crippen molar-refractivity contribution in [2.24, 2.45) is 0 Å². The predicted molar refractivity (Wildman–Crippen MR) is 116 cm³/mol. The topological polar surface area (TPSA) is 80.3 Å². The minimum atomic E-state index is -1.07. The molecule has 0 saturated carbocycles. The Morgan fingerprint density at radius 3 is 2.58 bits per heavy atom. The van der Waals surface area contributed by atoms with Crippen LogP contribution in [0.1, 0.15) is 30.5 Å². The Morgan fingerprint density at radius 1 is 1.13 bits per heavy atom. The van der Waals surface area contributed by atoms with Crippen molar-refractivity contribution in [2.45, 2.75) is 44.7 Å². The van der Waals surface area contributed by atoms with E-state index in [1.165, 1.54) is 11.1 Å². The molecular weight excluding hydrogens is 396 g/mol. The number of fused-ring (bicyclic) bond motifs is 1. The molecular formula is C24H30N2O5. The van der Waals surface area contributed by atoms with Gasteiger partial charge in [0.2, 0.25) is 0 Å². The predicted octanol–water partition coefficient (Wildman–Crippen LogP) is 3.41. The highest BCUT2D eigenvalue weighted by atomic mass is 16.7. The normalized spacial score (nSPS) is 19.9. The maximum Gasteiger partial charge on any atom is 0.405 e. The number of nitrogens with one attached hydrogen (secondary N) is 1. The summed E-state index contributed by atoms with van der Waals surface area (Å²) < 4.78 is 17.5. The third kappa shape index (κ3) is 5.55. The molecule has 0 spiro atoms. The molecule has 166 valence electrons. The van der Waals surface area contributed by atoms with Gasteiger partial charge in [-0.2, -0.15) is 0 Å². The Hall–Kier alpha value is -2.61. The van der Waals surface area contributed by atoms with Crippen molar-refractivity contribution in [1.82, 2.24) is 10.2 Å². The van der Waals surface area contributed by atoms with E-state index in [9.17, 15) is 9.90 Å². The van der Waals surface area contributed by atoms with Crippen LogP contribution in [0.25, 0.3) is 0 Å². The van der Waals surface area contributed by atoms with E-state index < -0.39 is 17.4 Å². The Balaban J connectivity index is 1.39. The van der Waals surface area contributed by atoms with Crippen molar-refractivity contribution in [3.05, 3.63) is 65.2 Å². The highest BCUT2D eigenvalue weighted by Crippen LogP contribution is 2.28. The Bertz CT molecular complexity index is 905. The second-order valence-corrected chi connectivity index (χ2v) is 8.85. The number of nitrogens with zero attached hydrogens (tertiary/aromatic N) is 1. The Labute approximate surface area is 182 Å². The summed E-state index contributed by atoms with van der Waals surface area (Å²) in [4.78, 5) is 13.7. The summed E-state index contributed by atoms with van der Waals surface area (Å²) >= 11 is 0. The van der Waals surface area contributed by atoms with Gasteiger partial charge in [0, 0.05) is 19.6 Å². The van der Waals surface area contributed by atoms with Gasteiger partial charge in [-0.15, -0.1) is 0 Å². The lowest BCUT2D eigenvalue weighted by Crippen LogP contribution is -2.65. The average molecular weight is 427 g/mol. The van der Waals surface area contributed by atoms with Gasteiger partial charge in [0.25, 0.3) is 0 Å². The summed E-state index contributed by atoms with van der Waals surface area (Å²) in [5, 5.41) is 12.0. The SMILES string of the molecule is CC1(C)OCC(CN2CCc3cc(OCc4ccccc4)ccc3C2)(NC(=O)O)CO1. The van der Waals surface area contributed by atoms with Gasteiger partial charge in [-0.1, -0.05) is 36.4 Å². The first-order valence-corrected chi connectivity index (χ1v) is 10.6. The second kappa shape index (κ2) is 8.86. The number of hydrogen-bond acceptors (Lipinski definition) is 5. The molecule has 1 amide bonds. The van der Waals surface area contributed by atoms with Gasteiger partial charge in [-0.25, -0.2) is 4.79 Å². The number of carboxylic acid groups (broad SMARTS) is 1. The smallest absolute Gasteiger partial charge is 0.405 e. The lowest BCUT2D eigenvalue weighted by molar-refractivity contribution is -0.272. The van der Waals surface area contributed by atoms with Crippen molar-refractivity contribution in [2.75, 3.05) is 26.3 Å². The summed E-state index contributed by atoms with van der Waals surface area (Å²) in [6, 6.07) is 16.4. The summed E-state index contributed by atoms with van der Waals surface area (Å²) in [5.74, 6) is 0.172. The molecule has 0 bridgehead atoms. The van der Waals surface area contributed by atoms with Crippen LogP contribution in [-0.4, -0.2) is 53.7 Å². The van der Waals surface area contributed by atoms with Crippen LogP contribution in [0.3, 0.4) is 0 Å².